The second kappa shape index (κ2) is 6.33. The first-order valence-corrected chi connectivity index (χ1v) is 7.56. The number of nitrogens with one attached hydrogen (secondary N) is 1. The summed E-state index contributed by atoms with van der Waals surface area (Å²) in [5.74, 6) is -1.82. The summed E-state index contributed by atoms with van der Waals surface area (Å²) in [7, 11) is -3.91. The Kier molecular flexibility index (Phi) is 5.21. The highest BCUT2D eigenvalue weighted by molar-refractivity contribution is 7.92. The number of hydrogen-bond donors (Lipinski definition) is 2. The lowest BCUT2D eigenvalue weighted by Gasteiger charge is -2.11. The van der Waals surface area contributed by atoms with E-state index < -0.39 is 40.8 Å². The molecule has 1 rings (SSSR count). The molecule has 0 saturated heterocycles. The summed E-state index contributed by atoms with van der Waals surface area (Å²) in [6.45, 7) is 1.50. The van der Waals surface area contributed by atoms with Crippen molar-refractivity contribution in [3.8, 4) is 0 Å². The number of alkyl halides is 3. The molecule has 0 bridgehead atoms. The van der Waals surface area contributed by atoms with Gasteiger partial charge >= 0.3 is 12.1 Å². The molecule has 9 heteroatoms. The Morgan fingerprint density at radius 2 is 1.95 bits per heavy atom. The third-order valence-corrected chi connectivity index (χ3v) is 3.97. The molecular formula is C12H14F3NO4S. The molecule has 0 heterocycles. The van der Waals surface area contributed by atoms with Crippen LogP contribution in [-0.2, 0) is 10.0 Å². The topological polar surface area (TPSA) is 83.5 Å². The van der Waals surface area contributed by atoms with E-state index in [4.69, 9.17) is 5.11 Å². The zero-order chi connectivity index (χ0) is 16.3. The first-order chi connectivity index (χ1) is 9.50. The second-order valence-electron chi connectivity index (χ2n) is 4.47. The summed E-state index contributed by atoms with van der Waals surface area (Å²) in [5.41, 5.74) is 0.508. The predicted molar refractivity (Wildman–Crippen MR) is 70.8 cm³/mol. The fourth-order valence-electron chi connectivity index (χ4n) is 1.59. The average molecular weight is 325 g/mol. The minimum atomic E-state index is -4.39. The number of sulfonamides is 1. The van der Waals surface area contributed by atoms with Gasteiger partial charge in [0.05, 0.1) is 17.0 Å². The minimum absolute atomic E-state index is 0.00693. The summed E-state index contributed by atoms with van der Waals surface area (Å²) in [6, 6.07) is 3.75. The zero-order valence-corrected chi connectivity index (χ0v) is 11.9. The van der Waals surface area contributed by atoms with Crippen LogP contribution in [0, 0.1) is 6.92 Å². The van der Waals surface area contributed by atoms with Crippen LogP contribution in [0.5, 0.6) is 0 Å². The van der Waals surface area contributed by atoms with E-state index in [1.165, 1.54) is 25.1 Å². The molecule has 0 spiro atoms. The summed E-state index contributed by atoms with van der Waals surface area (Å²) < 4.78 is 61.4. The molecule has 1 aromatic carbocycles. The highest BCUT2D eigenvalue weighted by atomic mass is 32.2. The zero-order valence-electron chi connectivity index (χ0n) is 11.1. The van der Waals surface area contributed by atoms with Gasteiger partial charge in [0.2, 0.25) is 10.0 Å². The molecule has 0 amide bonds. The average Bonchev–Trinajstić information content (AvgIpc) is 2.29. The van der Waals surface area contributed by atoms with Gasteiger partial charge in [0, 0.05) is 6.42 Å². The SMILES string of the molecule is Cc1cc(C(=O)O)ccc1NS(=O)(=O)CCCC(F)(F)F. The first kappa shape index (κ1) is 17.3. The van der Waals surface area contributed by atoms with Gasteiger partial charge in [0.15, 0.2) is 0 Å². The van der Waals surface area contributed by atoms with Crippen LogP contribution in [0.3, 0.4) is 0 Å². The molecule has 0 aliphatic rings. The normalized spacial score (nSPS) is 12.2. The number of anilines is 1. The van der Waals surface area contributed by atoms with Gasteiger partial charge in [-0.05, 0) is 37.1 Å². The lowest BCUT2D eigenvalue weighted by atomic mass is 10.1. The van der Waals surface area contributed by atoms with Crippen LogP contribution in [0.15, 0.2) is 18.2 Å². The quantitative estimate of drug-likeness (QED) is 0.842. The molecule has 21 heavy (non-hydrogen) atoms. The van der Waals surface area contributed by atoms with E-state index >= 15 is 0 Å². The smallest absolute Gasteiger partial charge is 0.389 e. The van der Waals surface area contributed by atoms with E-state index in [-0.39, 0.29) is 11.3 Å². The number of rotatable bonds is 6. The lowest BCUT2D eigenvalue weighted by molar-refractivity contribution is -0.134. The number of halogens is 3. The number of aromatic carboxylic acids is 1. The van der Waals surface area contributed by atoms with E-state index in [1.807, 2.05) is 0 Å². The summed E-state index contributed by atoms with van der Waals surface area (Å²) in [6.07, 6.45) is -6.11. The van der Waals surface area contributed by atoms with Crippen molar-refractivity contribution in [2.24, 2.45) is 0 Å². The number of carboxylic acids is 1. The van der Waals surface area contributed by atoms with Crippen molar-refractivity contribution in [2.75, 3.05) is 10.5 Å². The molecule has 0 aromatic heterocycles. The molecule has 2 N–H and O–H groups in total. The van der Waals surface area contributed by atoms with Crippen molar-refractivity contribution < 1.29 is 31.5 Å². The van der Waals surface area contributed by atoms with Crippen molar-refractivity contribution in [1.29, 1.82) is 0 Å². The van der Waals surface area contributed by atoms with E-state index in [2.05, 4.69) is 4.72 Å². The number of carboxylic acid groups (broad SMARTS) is 1. The molecular weight excluding hydrogens is 311 g/mol. The Morgan fingerprint density at radius 1 is 1.33 bits per heavy atom. The van der Waals surface area contributed by atoms with Gasteiger partial charge < -0.3 is 5.11 Å². The number of benzene rings is 1. The molecule has 0 saturated carbocycles. The Hall–Kier alpha value is -1.77. The van der Waals surface area contributed by atoms with Gasteiger partial charge in [-0.15, -0.1) is 0 Å². The number of hydrogen-bond acceptors (Lipinski definition) is 3. The molecule has 0 radical (unpaired) electrons. The monoisotopic (exact) mass is 325 g/mol. The van der Waals surface area contributed by atoms with Gasteiger partial charge in [0.25, 0.3) is 0 Å². The van der Waals surface area contributed by atoms with Crippen LogP contribution >= 0.6 is 0 Å². The van der Waals surface area contributed by atoms with Gasteiger partial charge in [0.1, 0.15) is 0 Å². The third-order valence-electron chi connectivity index (χ3n) is 2.61. The van der Waals surface area contributed by atoms with Gasteiger partial charge in [-0.2, -0.15) is 13.2 Å². The van der Waals surface area contributed by atoms with Crippen LogP contribution in [0.2, 0.25) is 0 Å². The first-order valence-electron chi connectivity index (χ1n) is 5.91. The van der Waals surface area contributed by atoms with Crippen molar-refractivity contribution in [3.63, 3.8) is 0 Å². The Balaban J connectivity index is 2.73. The number of carbonyl (C=O) groups is 1. The highest BCUT2D eigenvalue weighted by Gasteiger charge is 2.27. The minimum Gasteiger partial charge on any atom is -0.478 e. The standard InChI is InChI=1S/C12H14F3NO4S/c1-8-7-9(11(17)18)3-4-10(8)16-21(19,20)6-2-5-12(13,14)15/h3-4,7,16H,2,5-6H2,1H3,(H,17,18). The van der Waals surface area contributed by atoms with Crippen LogP contribution in [0.4, 0.5) is 18.9 Å². The molecule has 0 aliphatic carbocycles. The maximum Gasteiger partial charge on any atom is 0.389 e. The molecule has 5 nitrogen and oxygen atoms in total. The van der Waals surface area contributed by atoms with Crippen LogP contribution < -0.4 is 4.72 Å². The summed E-state index contributed by atoms with van der Waals surface area (Å²) in [5, 5.41) is 8.78. The lowest BCUT2D eigenvalue weighted by Crippen LogP contribution is -2.19. The summed E-state index contributed by atoms with van der Waals surface area (Å²) in [4.78, 5) is 10.7. The largest absolute Gasteiger partial charge is 0.478 e. The second-order valence-corrected chi connectivity index (χ2v) is 6.32. The van der Waals surface area contributed by atoms with E-state index in [0.717, 1.165) is 0 Å². The van der Waals surface area contributed by atoms with Gasteiger partial charge in [-0.3, -0.25) is 4.72 Å². The van der Waals surface area contributed by atoms with E-state index in [9.17, 15) is 26.4 Å². The fourth-order valence-corrected chi connectivity index (χ4v) is 2.78. The van der Waals surface area contributed by atoms with Crippen molar-refractivity contribution in [1.82, 2.24) is 0 Å². The predicted octanol–water partition coefficient (Wildman–Crippen LogP) is 2.78. The van der Waals surface area contributed by atoms with E-state index in [1.54, 1.807) is 0 Å². The van der Waals surface area contributed by atoms with Crippen LogP contribution in [0.25, 0.3) is 0 Å². The van der Waals surface area contributed by atoms with Gasteiger partial charge in [-0.1, -0.05) is 0 Å². The Bertz CT molecular complexity index is 626. The van der Waals surface area contributed by atoms with Crippen LogP contribution in [-0.4, -0.2) is 31.4 Å². The number of aryl methyl sites for hydroxylation is 1. The molecule has 0 fully saturated rings. The molecule has 1 aromatic rings. The molecule has 0 unspecified atom stereocenters. The maximum atomic E-state index is 12.0. The maximum absolute atomic E-state index is 12.0. The van der Waals surface area contributed by atoms with Gasteiger partial charge in [-0.25, -0.2) is 13.2 Å². The Morgan fingerprint density at radius 3 is 2.43 bits per heavy atom. The molecule has 0 atom stereocenters. The van der Waals surface area contributed by atoms with Crippen molar-refractivity contribution in [2.45, 2.75) is 25.9 Å². The van der Waals surface area contributed by atoms with Crippen molar-refractivity contribution in [3.05, 3.63) is 29.3 Å². The molecule has 118 valence electrons. The summed E-state index contributed by atoms with van der Waals surface area (Å²) >= 11 is 0. The van der Waals surface area contributed by atoms with Crippen molar-refractivity contribution >= 4 is 21.7 Å². The fraction of sp³-hybridized carbons (Fsp3) is 0.417. The molecule has 0 aliphatic heterocycles. The Labute approximate surface area is 119 Å². The third kappa shape index (κ3) is 6.03. The van der Waals surface area contributed by atoms with Crippen LogP contribution in [0.1, 0.15) is 28.8 Å². The highest BCUT2D eigenvalue weighted by Crippen LogP contribution is 2.22. The van der Waals surface area contributed by atoms with E-state index in [0.29, 0.717) is 5.56 Å².